The average molecular weight is 222 g/mol. The number of rotatable bonds is 4. The quantitative estimate of drug-likeness (QED) is 0.299. The summed E-state index contributed by atoms with van der Waals surface area (Å²) in [6, 6.07) is 0. The van der Waals surface area contributed by atoms with Crippen molar-refractivity contribution in [3.05, 3.63) is 0 Å². The Kier molecular flexibility index (Phi) is 8.93. The van der Waals surface area contributed by atoms with Gasteiger partial charge < -0.3 is 4.74 Å². The third-order valence-corrected chi connectivity index (χ3v) is 1.66. The molecule has 0 aromatic rings. The molecule has 0 saturated carbocycles. The molecule has 0 saturated heterocycles. The largest absolute Gasteiger partial charge is 0.466 e. The monoisotopic (exact) mass is 222 g/mol. The van der Waals surface area contributed by atoms with Gasteiger partial charge in [-0.2, -0.15) is 8.42 Å². The molecule has 0 amide bonds. The van der Waals surface area contributed by atoms with Gasteiger partial charge in [-0.25, -0.2) is 0 Å². The zero-order valence-electron chi connectivity index (χ0n) is 6.82. The van der Waals surface area contributed by atoms with Crippen molar-refractivity contribution in [3.8, 4) is 0 Å². The van der Waals surface area contributed by atoms with Crippen molar-refractivity contribution in [2.24, 2.45) is 0 Å². The Hall–Kier alpha value is 0.640. The Balaban J connectivity index is 0. The van der Waals surface area contributed by atoms with Crippen LogP contribution in [0.25, 0.3) is 0 Å². The second-order valence-electron chi connectivity index (χ2n) is 1.98. The third kappa shape index (κ3) is 13.2. The molecule has 0 fully saturated rings. The first-order chi connectivity index (χ1) is 4.92. The van der Waals surface area contributed by atoms with Crippen molar-refractivity contribution < 1.29 is 22.5 Å². The minimum absolute atomic E-state index is 0. The molecular weight excluding hydrogens is 212 g/mol. The van der Waals surface area contributed by atoms with Gasteiger partial charge >= 0.3 is 5.97 Å². The molecule has 0 bridgehead atoms. The van der Waals surface area contributed by atoms with Crippen LogP contribution in [0, 0.1) is 0 Å². The van der Waals surface area contributed by atoms with E-state index in [4.69, 9.17) is 4.55 Å². The van der Waals surface area contributed by atoms with Crippen LogP contribution in [0.5, 0.6) is 0 Å². The number of hydrogen-bond acceptors (Lipinski definition) is 4. The molecule has 7 heteroatoms. The summed E-state index contributed by atoms with van der Waals surface area (Å²) in [4.78, 5) is 10.1. The first kappa shape index (κ1) is 15.1. The third-order valence-electron chi connectivity index (χ3n) is 0.852. The van der Waals surface area contributed by atoms with Crippen LogP contribution in [0.1, 0.15) is 13.3 Å². The molecule has 0 aliphatic heterocycles. The number of ether oxygens (including phenoxy) is 1. The van der Waals surface area contributed by atoms with Crippen LogP contribution in [0.15, 0.2) is 0 Å². The van der Waals surface area contributed by atoms with Gasteiger partial charge in [0.2, 0.25) is 0 Å². The Labute approximate surface area is 101 Å². The van der Waals surface area contributed by atoms with Gasteiger partial charge in [-0.15, -0.1) is 0 Å². The Morgan fingerprint density at radius 2 is 2.00 bits per heavy atom. The first-order valence-electron chi connectivity index (χ1n) is 3.00. The van der Waals surface area contributed by atoms with Crippen molar-refractivity contribution in [3.63, 3.8) is 0 Å². The fourth-order valence-electron chi connectivity index (χ4n) is 0.457. The van der Waals surface area contributed by atoms with E-state index < -0.39 is 16.1 Å². The summed E-state index contributed by atoms with van der Waals surface area (Å²) in [6.07, 6.45) is 0.123. The van der Waals surface area contributed by atoms with Gasteiger partial charge in [0.05, 0.1) is 12.4 Å². The molecule has 0 heterocycles. The normalized spacial score (nSPS) is 10.2. The van der Waals surface area contributed by atoms with E-state index in [1.54, 1.807) is 0 Å². The molecule has 0 aromatic carbocycles. The van der Waals surface area contributed by atoms with Gasteiger partial charge in [-0.05, 0) is 6.42 Å². The minimum Gasteiger partial charge on any atom is -0.466 e. The molecule has 12 heavy (non-hydrogen) atoms. The molecule has 0 atom stereocenters. The number of carbonyl (C=O) groups is 1. The van der Waals surface area contributed by atoms with E-state index in [9.17, 15) is 13.2 Å². The summed E-state index contributed by atoms with van der Waals surface area (Å²) in [5.41, 5.74) is 0. The van der Waals surface area contributed by atoms with Crippen LogP contribution in [0.4, 0.5) is 0 Å². The minimum atomic E-state index is -3.91. The van der Waals surface area contributed by atoms with E-state index in [1.165, 1.54) is 6.92 Å². The molecule has 5 nitrogen and oxygen atoms in total. The van der Waals surface area contributed by atoms with Gasteiger partial charge in [0.1, 0.15) is 0 Å². The van der Waals surface area contributed by atoms with Crippen LogP contribution in [0.3, 0.4) is 0 Å². The van der Waals surface area contributed by atoms with Crippen LogP contribution in [0.2, 0.25) is 0 Å². The smallest absolute Gasteiger partial charge is 0.302 e. The topological polar surface area (TPSA) is 80.7 Å². The predicted octanol–water partition coefficient (Wildman–Crippen LogP) is -0.553. The van der Waals surface area contributed by atoms with Gasteiger partial charge in [0.25, 0.3) is 10.1 Å². The summed E-state index contributed by atoms with van der Waals surface area (Å²) < 4.78 is 32.8. The van der Waals surface area contributed by atoms with E-state index in [1.807, 2.05) is 0 Å². The maximum Gasteiger partial charge on any atom is 0.302 e. The van der Waals surface area contributed by atoms with Gasteiger partial charge in [-0.1, -0.05) is 0 Å². The van der Waals surface area contributed by atoms with Crippen molar-refractivity contribution in [2.45, 2.75) is 13.3 Å². The zero-order valence-corrected chi connectivity index (χ0v) is 9.84. The maximum atomic E-state index is 10.1. The predicted molar refractivity (Wildman–Crippen MR) is 43.4 cm³/mol. The van der Waals surface area contributed by atoms with Crippen molar-refractivity contribution in [2.75, 3.05) is 12.4 Å². The molecular formula is C5H10CaO5S. The molecule has 1 N–H and O–H groups in total. The van der Waals surface area contributed by atoms with Crippen LogP contribution in [-0.4, -0.2) is 69.0 Å². The Morgan fingerprint density at radius 3 is 2.33 bits per heavy atom. The van der Waals surface area contributed by atoms with Crippen molar-refractivity contribution >= 4 is 53.8 Å². The molecule has 0 unspecified atom stereocenters. The molecule has 0 aliphatic rings. The zero-order chi connectivity index (χ0) is 8.91. The van der Waals surface area contributed by atoms with Crippen molar-refractivity contribution in [1.29, 1.82) is 0 Å². The summed E-state index contributed by atoms with van der Waals surface area (Å²) in [7, 11) is -3.91. The Morgan fingerprint density at radius 1 is 1.50 bits per heavy atom. The molecule has 68 valence electrons. The fourth-order valence-corrected chi connectivity index (χ4v) is 0.940. The number of carbonyl (C=O) groups excluding carboxylic acids is 1. The van der Waals surface area contributed by atoms with E-state index in [0.717, 1.165) is 0 Å². The second kappa shape index (κ2) is 7.08. The SMILES string of the molecule is CC(=O)OCCCS(=O)(=O)O.[Ca]. The van der Waals surface area contributed by atoms with Crippen LogP contribution < -0.4 is 0 Å². The number of hydrogen-bond donors (Lipinski definition) is 1. The molecule has 0 rings (SSSR count). The van der Waals surface area contributed by atoms with Gasteiger partial charge in [0.15, 0.2) is 0 Å². The molecule has 0 spiro atoms. The Bertz CT molecular complexity index is 222. The van der Waals surface area contributed by atoms with Gasteiger partial charge in [0, 0.05) is 44.7 Å². The van der Waals surface area contributed by atoms with Crippen molar-refractivity contribution in [1.82, 2.24) is 0 Å². The maximum absolute atomic E-state index is 10.1. The summed E-state index contributed by atoms with van der Waals surface area (Å²) in [6.45, 7) is 1.25. The number of esters is 1. The van der Waals surface area contributed by atoms with Crippen LogP contribution >= 0.6 is 0 Å². The molecule has 0 aromatic heterocycles. The van der Waals surface area contributed by atoms with E-state index in [-0.39, 0.29) is 56.5 Å². The van der Waals surface area contributed by atoms with E-state index >= 15 is 0 Å². The molecule has 2 radical (unpaired) electrons. The second-order valence-corrected chi connectivity index (χ2v) is 3.55. The summed E-state index contributed by atoms with van der Waals surface area (Å²) in [5, 5.41) is 0. The van der Waals surface area contributed by atoms with Gasteiger partial charge in [-0.3, -0.25) is 9.35 Å². The van der Waals surface area contributed by atoms with E-state index in [0.29, 0.717) is 0 Å². The standard InChI is InChI=1S/C5H10O5S.Ca/c1-5(6)10-3-2-4-11(7,8)9;/h2-4H2,1H3,(H,7,8,9);. The first-order valence-corrected chi connectivity index (χ1v) is 4.61. The van der Waals surface area contributed by atoms with E-state index in [2.05, 4.69) is 4.74 Å². The van der Waals surface area contributed by atoms with Crippen LogP contribution in [-0.2, 0) is 19.6 Å². The fraction of sp³-hybridized carbons (Fsp3) is 0.800. The summed E-state index contributed by atoms with van der Waals surface area (Å²) in [5.74, 6) is -0.833. The summed E-state index contributed by atoms with van der Waals surface area (Å²) >= 11 is 0. The average Bonchev–Trinajstić information content (AvgIpc) is 1.78. The molecule has 0 aliphatic carbocycles.